The second-order valence-electron chi connectivity index (χ2n) is 5.45. The number of hydrogen-bond donors (Lipinski definition) is 0. The van der Waals surface area contributed by atoms with Gasteiger partial charge in [0.1, 0.15) is 0 Å². The average molecular weight is 420 g/mol. The minimum atomic E-state index is -0.0726. The second kappa shape index (κ2) is 8.79. The highest BCUT2D eigenvalue weighted by Gasteiger charge is 2.14. The molecule has 0 atom stereocenters. The summed E-state index contributed by atoms with van der Waals surface area (Å²) in [5, 5.41) is 1.90. The molecule has 0 bridgehead atoms. The summed E-state index contributed by atoms with van der Waals surface area (Å²) >= 11 is 19.2. The van der Waals surface area contributed by atoms with Crippen molar-refractivity contribution >= 4 is 58.4 Å². The number of rotatable bonds is 5. The fraction of sp³-hybridized carbons (Fsp3) is 0. The number of allylic oxidation sites excluding steroid dienone is 1. The van der Waals surface area contributed by atoms with Crippen molar-refractivity contribution in [3.05, 3.63) is 104 Å². The molecule has 0 aromatic heterocycles. The molecule has 0 fully saturated rings. The van der Waals surface area contributed by atoms with Gasteiger partial charge in [-0.1, -0.05) is 58.7 Å². The lowest BCUT2D eigenvalue weighted by Gasteiger charge is -2.08. The number of carbonyl (C=O) groups excluding carboxylic acids is 1. The Balaban J connectivity index is 1.97. The Kier molecular flexibility index (Phi) is 6.44. The van der Waals surface area contributed by atoms with Crippen molar-refractivity contribution in [1.82, 2.24) is 0 Å². The molecule has 0 unspecified atom stereocenters. The summed E-state index contributed by atoms with van der Waals surface area (Å²) in [6.07, 6.45) is 1.85. The maximum Gasteiger partial charge on any atom is 0.199 e. The van der Waals surface area contributed by atoms with Crippen LogP contribution in [0.3, 0.4) is 0 Å². The van der Waals surface area contributed by atoms with E-state index in [0.717, 1.165) is 10.5 Å². The number of Topliss-reactive ketones (excluding diaryl/α,β-unsaturated/α-hetero) is 1. The Morgan fingerprint density at radius 1 is 0.692 bits per heavy atom. The molecule has 0 amide bonds. The predicted molar refractivity (Wildman–Crippen MR) is 113 cm³/mol. The molecular weight excluding hydrogens is 407 g/mol. The van der Waals surface area contributed by atoms with Gasteiger partial charge >= 0.3 is 0 Å². The average Bonchev–Trinajstić information content (AvgIpc) is 2.65. The second-order valence-corrected chi connectivity index (χ2v) is 7.88. The molecule has 0 spiro atoms. The third-order valence-electron chi connectivity index (χ3n) is 3.54. The van der Waals surface area contributed by atoms with E-state index in [2.05, 4.69) is 0 Å². The van der Waals surface area contributed by atoms with Crippen LogP contribution >= 0.6 is 46.6 Å². The predicted octanol–water partition coefficient (Wildman–Crippen LogP) is 7.66. The van der Waals surface area contributed by atoms with Crippen molar-refractivity contribution in [2.75, 3.05) is 0 Å². The lowest BCUT2D eigenvalue weighted by molar-refractivity contribution is 0.104. The first-order valence-corrected chi connectivity index (χ1v) is 9.67. The largest absolute Gasteiger partial charge is 0.288 e. The van der Waals surface area contributed by atoms with Crippen LogP contribution in [0.15, 0.2) is 82.6 Å². The first-order valence-electron chi connectivity index (χ1n) is 7.72. The molecule has 26 heavy (non-hydrogen) atoms. The number of carbonyl (C=O) groups is 1. The van der Waals surface area contributed by atoms with Crippen LogP contribution in [0.4, 0.5) is 0 Å². The molecular formula is C21H13Cl3OS. The molecule has 0 aliphatic rings. The van der Waals surface area contributed by atoms with Crippen molar-refractivity contribution in [1.29, 1.82) is 0 Å². The highest BCUT2D eigenvalue weighted by Crippen LogP contribution is 2.32. The van der Waals surface area contributed by atoms with E-state index in [0.29, 0.717) is 25.5 Å². The molecule has 0 saturated carbocycles. The van der Waals surface area contributed by atoms with Gasteiger partial charge in [0.2, 0.25) is 0 Å². The molecule has 3 aromatic carbocycles. The first-order chi connectivity index (χ1) is 12.5. The summed E-state index contributed by atoms with van der Waals surface area (Å²) in [5.41, 5.74) is 1.48. The molecule has 0 N–H and O–H groups in total. The monoisotopic (exact) mass is 418 g/mol. The normalized spacial score (nSPS) is 11.4. The molecule has 3 rings (SSSR count). The van der Waals surface area contributed by atoms with Crippen molar-refractivity contribution in [2.45, 2.75) is 4.90 Å². The molecule has 5 heteroatoms. The van der Waals surface area contributed by atoms with E-state index >= 15 is 0 Å². The van der Waals surface area contributed by atoms with Gasteiger partial charge in [0.05, 0.1) is 4.91 Å². The maximum absolute atomic E-state index is 13.0. The van der Waals surface area contributed by atoms with E-state index in [-0.39, 0.29) is 5.78 Å². The van der Waals surface area contributed by atoms with Crippen molar-refractivity contribution in [3.63, 3.8) is 0 Å². The van der Waals surface area contributed by atoms with Crippen LogP contribution < -0.4 is 0 Å². The smallest absolute Gasteiger partial charge is 0.199 e. The number of hydrogen-bond acceptors (Lipinski definition) is 2. The summed E-state index contributed by atoms with van der Waals surface area (Å²) in [4.78, 5) is 14.5. The number of ketones is 1. The summed E-state index contributed by atoms with van der Waals surface area (Å²) < 4.78 is 0. The summed E-state index contributed by atoms with van der Waals surface area (Å²) in [7, 11) is 0. The molecule has 3 aromatic rings. The van der Waals surface area contributed by atoms with E-state index in [1.807, 2.05) is 30.3 Å². The summed E-state index contributed by atoms with van der Waals surface area (Å²) in [5.74, 6) is -0.0726. The number of benzene rings is 3. The van der Waals surface area contributed by atoms with Crippen molar-refractivity contribution in [2.24, 2.45) is 0 Å². The standard InChI is InChI=1S/C21H13Cl3OS/c22-16-5-1-14(2-6-16)13-20(26-19-11-9-18(24)10-12-19)21(25)15-3-7-17(23)8-4-15/h1-13H/b20-13+. The van der Waals surface area contributed by atoms with Crippen LogP contribution in [0, 0.1) is 0 Å². The van der Waals surface area contributed by atoms with E-state index < -0.39 is 0 Å². The Bertz CT molecular complexity index is 931. The third kappa shape index (κ3) is 5.15. The molecule has 0 heterocycles. The van der Waals surface area contributed by atoms with Crippen LogP contribution in [0.5, 0.6) is 0 Å². The zero-order valence-corrected chi connectivity index (χ0v) is 16.5. The van der Waals surface area contributed by atoms with E-state index in [4.69, 9.17) is 34.8 Å². The number of halogens is 3. The molecule has 0 radical (unpaired) electrons. The lowest BCUT2D eigenvalue weighted by Crippen LogP contribution is -2.00. The Hall–Kier alpha value is -1.71. The zero-order valence-electron chi connectivity index (χ0n) is 13.5. The highest BCUT2D eigenvalue weighted by molar-refractivity contribution is 8.04. The summed E-state index contributed by atoms with van der Waals surface area (Å²) in [6.45, 7) is 0. The lowest BCUT2D eigenvalue weighted by atomic mass is 10.1. The Labute approximate surface area is 171 Å². The molecule has 0 saturated heterocycles. The van der Waals surface area contributed by atoms with Gasteiger partial charge in [-0.2, -0.15) is 0 Å². The van der Waals surface area contributed by atoms with Crippen LogP contribution in [-0.4, -0.2) is 5.78 Å². The highest BCUT2D eigenvalue weighted by atomic mass is 35.5. The minimum absolute atomic E-state index is 0.0726. The maximum atomic E-state index is 13.0. The molecule has 1 nitrogen and oxygen atoms in total. The van der Waals surface area contributed by atoms with Crippen molar-refractivity contribution in [3.8, 4) is 0 Å². The van der Waals surface area contributed by atoms with Gasteiger partial charge in [0.15, 0.2) is 5.78 Å². The number of thioether (sulfide) groups is 1. The fourth-order valence-electron chi connectivity index (χ4n) is 2.22. The third-order valence-corrected chi connectivity index (χ3v) is 5.33. The van der Waals surface area contributed by atoms with Gasteiger partial charge in [0, 0.05) is 25.5 Å². The molecule has 0 aliphatic heterocycles. The quantitative estimate of drug-likeness (QED) is 0.240. The summed E-state index contributed by atoms with van der Waals surface area (Å²) in [6, 6.07) is 21.6. The van der Waals surface area contributed by atoms with Crippen LogP contribution in [0.2, 0.25) is 15.1 Å². The Morgan fingerprint density at radius 2 is 1.15 bits per heavy atom. The van der Waals surface area contributed by atoms with Gasteiger partial charge in [-0.25, -0.2) is 0 Å². The fourth-order valence-corrected chi connectivity index (χ4v) is 3.53. The van der Waals surface area contributed by atoms with Gasteiger partial charge < -0.3 is 0 Å². The van der Waals surface area contributed by atoms with Crippen molar-refractivity contribution < 1.29 is 4.79 Å². The van der Waals surface area contributed by atoms with E-state index in [9.17, 15) is 4.79 Å². The SMILES string of the molecule is O=C(/C(=C\c1ccc(Cl)cc1)Sc1ccc(Cl)cc1)c1ccc(Cl)cc1. The zero-order chi connectivity index (χ0) is 18.5. The van der Waals surface area contributed by atoms with Crippen LogP contribution in [-0.2, 0) is 0 Å². The molecule has 130 valence electrons. The van der Waals surface area contributed by atoms with E-state index in [1.54, 1.807) is 48.5 Å². The van der Waals surface area contributed by atoms with E-state index in [1.165, 1.54) is 11.8 Å². The van der Waals surface area contributed by atoms with Crippen LogP contribution in [0.25, 0.3) is 6.08 Å². The van der Waals surface area contributed by atoms with Gasteiger partial charge in [-0.15, -0.1) is 0 Å². The molecule has 0 aliphatic carbocycles. The van der Waals surface area contributed by atoms with Gasteiger partial charge in [0.25, 0.3) is 0 Å². The topological polar surface area (TPSA) is 17.1 Å². The first kappa shape index (κ1) is 19.1. The van der Waals surface area contributed by atoms with Crippen LogP contribution in [0.1, 0.15) is 15.9 Å². The minimum Gasteiger partial charge on any atom is -0.288 e. The Morgan fingerprint density at radius 3 is 1.69 bits per heavy atom. The van der Waals surface area contributed by atoms with Gasteiger partial charge in [-0.05, 0) is 72.3 Å². The van der Waals surface area contributed by atoms with Gasteiger partial charge in [-0.3, -0.25) is 4.79 Å².